The average Bonchev–Trinajstić information content (AvgIpc) is 2.98. The summed E-state index contributed by atoms with van der Waals surface area (Å²) in [7, 11) is 0. The normalized spacial score (nSPS) is 13.6. The lowest BCUT2D eigenvalue weighted by atomic mass is 9.99. The summed E-state index contributed by atoms with van der Waals surface area (Å²) >= 11 is 0. The van der Waals surface area contributed by atoms with Gasteiger partial charge in [0.2, 0.25) is 0 Å². The Hall–Kier alpha value is -3.86. The number of aliphatic hydroxyl groups is 1. The van der Waals surface area contributed by atoms with E-state index in [9.17, 15) is 14.7 Å². The molecule has 0 radical (unpaired) electrons. The summed E-state index contributed by atoms with van der Waals surface area (Å²) in [5, 5.41) is 10.7. The molecule has 0 aliphatic heterocycles. The van der Waals surface area contributed by atoms with E-state index < -0.39 is 5.91 Å². The van der Waals surface area contributed by atoms with Crippen molar-refractivity contribution in [2.24, 2.45) is 4.99 Å². The van der Waals surface area contributed by atoms with Crippen LogP contribution in [0.15, 0.2) is 89.7 Å². The molecule has 5 heteroatoms. The van der Waals surface area contributed by atoms with Crippen LogP contribution in [-0.4, -0.2) is 27.5 Å². The van der Waals surface area contributed by atoms with Crippen molar-refractivity contribution in [1.29, 1.82) is 0 Å². The average molecular weight is 354 g/mol. The van der Waals surface area contributed by atoms with Crippen LogP contribution in [0, 0.1) is 0 Å². The number of hydrogen-bond acceptors (Lipinski definition) is 4. The molecule has 1 heterocycles. The van der Waals surface area contributed by atoms with Crippen LogP contribution >= 0.6 is 0 Å². The molecule has 0 saturated heterocycles. The first-order valence-corrected chi connectivity index (χ1v) is 8.33. The predicted octanol–water partition coefficient (Wildman–Crippen LogP) is 3.88. The lowest BCUT2D eigenvalue weighted by Gasteiger charge is -2.08. The number of ketones is 1. The molecule has 27 heavy (non-hydrogen) atoms. The Bertz CT molecular complexity index is 1100. The van der Waals surface area contributed by atoms with Crippen LogP contribution in [-0.2, 0) is 0 Å². The molecule has 0 saturated carbocycles. The maximum Gasteiger partial charge on any atom is 0.277 e. The van der Waals surface area contributed by atoms with E-state index in [1.807, 2.05) is 0 Å². The lowest BCUT2D eigenvalue weighted by molar-refractivity contribution is 0.100. The Morgan fingerprint density at radius 3 is 2.11 bits per heavy atom. The molecule has 1 amide bonds. The maximum atomic E-state index is 12.9. The minimum Gasteiger partial charge on any atom is -0.506 e. The van der Waals surface area contributed by atoms with Crippen LogP contribution < -0.4 is 0 Å². The van der Waals surface area contributed by atoms with Gasteiger partial charge >= 0.3 is 0 Å². The van der Waals surface area contributed by atoms with E-state index in [1.165, 1.54) is 0 Å². The zero-order chi connectivity index (χ0) is 18.8. The zero-order valence-corrected chi connectivity index (χ0v) is 14.2. The van der Waals surface area contributed by atoms with Gasteiger partial charge < -0.3 is 5.11 Å². The molecule has 2 aromatic carbocycles. The molecule has 0 fully saturated rings. The van der Waals surface area contributed by atoms with E-state index in [0.29, 0.717) is 22.3 Å². The number of carbonyl (C=O) groups is 2. The van der Waals surface area contributed by atoms with Gasteiger partial charge in [-0.2, -0.15) is 0 Å². The summed E-state index contributed by atoms with van der Waals surface area (Å²) in [4.78, 5) is 33.7. The fourth-order valence-electron chi connectivity index (χ4n) is 3.01. The van der Waals surface area contributed by atoms with Gasteiger partial charge in [-0.15, -0.1) is 0 Å². The molecule has 1 aliphatic carbocycles. The van der Waals surface area contributed by atoms with Crippen molar-refractivity contribution < 1.29 is 14.7 Å². The minimum atomic E-state index is -0.494. The van der Waals surface area contributed by atoms with Crippen molar-refractivity contribution in [2.45, 2.75) is 0 Å². The van der Waals surface area contributed by atoms with E-state index in [1.54, 1.807) is 79.1 Å². The molecule has 130 valence electrons. The molecule has 1 aliphatic rings. The number of benzene rings is 2. The number of Topliss-reactive ketones (excluding diaryl/α,β-unsaturated/α-hetero) is 1. The first-order chi connectivity index (χ1) is 13.2. The number of aliphatic imine (C=N–C) groups is 1. The van der Waals surface area contributed by atoms with Gasteiger partial charge in [-0.25, -0.2) is 4.99 Å². The first kappa shape index (κ1) is 16.6. The molecule has 4 rings (SSSR count). The molecule has 0 bridgehead atoms. The number of rotatable bonds is 3. The van der Waals surface area contributed by atoms with E-state index in [2.05, 4.69) is 9.98 Å². The number of fused-ring (bicyclic) bond motifs is 1. The molecule has 0 atom stereocenters. The molecule has 5 nitrogen and oxygen atoms in total. The third-order valence-electron chi connectivity index (χ3n) is 4.32. The fraction of sp³-hybridized carbons (Fsp3) is 0. The number of aromatic nitrogens is 1. The maximum absolute atomic E-state index is 12.9. The van der Waals surface area contributed by atoms with Crippen molar-refractivity contribution in [3.63, 3.8) is 0 Å². The minimum absolute atomic E-state index is 0.0201. The monoisotopic (exact) mass is 354 g/mol. The highest BCUT2D eigenvalue weighted by molar-refractivity contribution is 6.40. The second kappa shape index (κ2) is 6.80. The summed E-state index contributed by atoms with van der Waals surface area (Å²) in [6.07, 6.45) is 3.09. The smallest absolute Gasteiger partial charge is 0.277 e. The lowest BCUT2D eigenvalue weighted by Crippen LogP contribution is -2.15. The van der Waals surface area contributed by atoms with Crippen LogP contribution in [0.1, 0.15) is 31.8 Å². The quantitative estimate of drug-likeness (QED) is 0.724. The molecule has 0 unspecified atom stereocenters. The molecule has 0 spiro atoms. The van der Waals surface area contributed by atoms with Gasteiger partial charge in [-0.1, -0.05) is 42.5 Å². The highest BCUT2D eigenvalue weighted by Crippen LogP contribution is 2.33. The molecular formula is C22H14N2O3. The fourth-order valence-corrected chi connectivity index (χ4v) is 3.01. The van der Waals surface area contributed by atoms with Gasteiger partial charge in [0.15, 0.2) is 5.78 Å². The summed E-state index contributed by atoms with van der Waals surface area (Å²) in [5.74, 6) is -1.03. The summed E-state index contributed by atoms with van der Waals surface area (Å²) < 4.78 is 0. The Labute approximate surface area is 155 Å². The molecule has 1 aromatic heterocycles. The Kier molecular flexibility index (Phi) is 4.18. The third-order valence-corrected chi connectivity index (χ3v) is 4.32. The Morgan fingerprint density at radius 1 is 0.815 bits per heavy atom. The van der Waals surface area contributed by atoms with Crippen LogP contribution in [0.25, 0.3) is 5.76 Å². The number of pyridine rings is 1. The van der Waals surface area contributed by atoms with E-state index in [4.69, 9.17) is 0 Å². The van der Waals surface area contributed by atoms with Crippen molar-refractivity contribution in [1.82, 2.24) is 4.98 Å². The number of allylic oxidation sites excluding steroid dienone is 1. The number of carbonyl (C=O) groups excluding carboxylic acids is 2. The van der Waals surface area contributed by atoms with E-state index in [0.717, 1.165) is 0 Å². The van der Waals surface area contributed by atoms with Crippen LogP contribution in [0.4, 0.5) is 0 Å². The zero-order valence-electron chi connectivity index (χ0n) is 14.2. The molecular weight excluding hydrogens is 340 g/mol. The second-order valence-electron chi connectivity index (χ2n) is 5.97. The van der Waals surface area contributed by atoms with Gasteiger partial charge in [0.05, 0.1) is 11.3 Å². The Balaban J connectivity index is 1.88. The topological polar surface area (TPSA) is 79.6 Å². The number of aliphatic hydroxyl groups excluding tert-OH is 1. The van der Waals surface area contributed by atoms with Crippen molar-refractivity contribution >= 4 is 23.2 Å². The summed E-state index contributed by atoms with van der Waals surface area (Å²) in [6.45, 7) is 0. The molecule has 1 N–H and O–H groups in total. The number of amides is 1. The largest absolute Gasteiger partial charge is 0.506 e. The number of hydrogen-bond donors (Lipinski definition) is 1. The standard InChI is InChI=1S/C22H14N2O3/c25-20-16-8-4-5-9-17(16)21(26)18(20)19(14-10-12-23-13-11-14)24-22(27)15-6-2-1-3-7-15/h1-13,25H. The Morgan fingerprint density at radius 2 is 1.44 bits per heavy atom. The summed E-state index contributed by atoms with van der Waals surface area (Å²) in [6, 6.07) is 18.6. The first-order valence-electron chi connectivity index (χ1n) is 8.33. The predicted molar refractivity (Wildman–Crippen MR) is 102 cm³/mol. The van der Waals surface area contributed by atoms with Crippen LogP contribution in [0.3, 0.4) is 0 Å². The second-order valence-corrected chi connectivity index (χ2v) is 5.97. The SMILES string of the molecule is O=C(N=C(C1=C(O)c2ccccc2C1=O)c1ccncc1)c1ccccc1. The van der Waals surface area contributed by atoms with Gasteiger partial charge in [0, 0.05) is 34.6 Å². The highest BCUT2D eigenvalue weighted by Gasteiger charge is 2.33. The van der Waals surface area contributed by atoms with Gasteiger partial charge in [0.25, 0.3) is 5.91 Å². The molecule has 3 aromatic rings. The van der Waals surface area contributed by atoms with Crippen LogP contribution in [0.5, 0.6) is 0 Å². The van der Waals surface area contributed by atoms with Gasteiger partial charge in [-0.05, 0) is 24.3 Å². The van der Waals surface area contributed by atoms with Crippen LogP contribution in [0.2, 0.25) is 0 Å². The van der Waals surface area contributed by atoms with Crippen molar-refractivity contribution in [3.8, 4) is 0 Å². The van der Waals surface area contributed by atoms with Gasteiger partial charge in [0.1, 0.15) is 5.76 Å². The highest BCUT2D eigenvalue weighted by atomic mass is 16.3. The number of nitrogens with zero attached hydrogens (tertiary/aromatic N) is 2. The van der Waals surface area contributed by atoms with Crippen molar-refractivity contribution in [3.05, 3.63) is 107 Å². The third kappa shape index (κ3) is 2.95. The van der Waals surface area contributed by atoms with E-state index in [-0.39, 0.29) is 22.8 Å². The van der Waals surface area contributed by atoms with E-state index >= 15 is 0 Å². The summed E-state index contributed by atoms with van der Waals surface area (Å²) in [5.41, 5.74) is 1.89. The van der Waals surface area contributed by atoms with Gasteiger partial charge in [-0.3, -0.25) is 14.6 Å². The van der Waals surface area contributed by atoms with Crippen molar-refractivity contribution in [2.75, 3.05) is 0 Å².